The van der Waals surface area contributed by atoms with E-state index in [1.54, 1.807) is 36.4 Å². The van der Waals surface area contributed by atoms with E-state index < -0.39 is 12.7 Å². The Hall–Kier alpha value is -1.36. The zero-order valence-corrected chi connectivity index (χ0v) is 11.9. The lowest BCUT2D eigenvalue weighted by atomic mass is 9.99. The van der Waals surface area contributed by atoms with Crippen LogP contribution in [0.4, 0.5) is 8.78 Å². The molecule has 0 fully saturated rings. The summed E-state index contributed by atoms with van der Waals surface area (Å²) in [5.41, 5.74) is 7.62. The molecule has 0 aliphatic rings. The van der Waals surface area contributed by atoms with Crippen LogP contribution in [0.1, 0.15) is 17.2 Å². The highest BCUT2D eigenvalue weighted by Gasteiger charge is 2.11. The second-order valence-electron chi connectivity index (χ2n) is 3.98. The molecule has 1 atom stereocenters. The van der Waals surface area contributed by atoms with Crippen molar-refractivity contribution in [2.75, 3.05) is 0 Å². The van der Waals surface area contributed by atoms with Crippen LogP contribution in [-0.2, 0) is 0 Å². The predicted octanol–water partition coefficient (Wildman–Crippen LogP) is 4.41. The van der Waals surface area contributed by atoms with Crippen molar-refractivity contribution in [3.63, 3.8) is 0 Å². The van der Waals surface area contributed by atoms with Crippen molar-refractivity contribution in [3.8, 4) is 5.75 Å². The molecule has 6 heteroatoms. The van der Waals surface area contributed by atoms with Crippen molar-refractivity contribution in [1.29, 1.82) is 0 Å². The minimum atomic E-state index is -2.85. The van der Waals surface area contributed by atoms with Crippen LogP contribution in [0.2, 0.25) is 5.02 Å². The van der Waals surface area contributed by atoms with Gasteiger partial charge in [0.25, 0.3) is 0 Å². The molecule has 0 aliphatic heterocycles. The Kier molecular flexibility index (Phi) is 6.20. The van der Waals surface area contributed by atoms with Crippen LogP contribution >= 0.6 is 24.0 Å². The van der Waals surface area contributed by atoms with Crippen LogP contribution in [0.25, 0.3) is 0 Å². The Morgan fingerprint density at radius 1 is 1.00 bits per heavy atom. The molecule has 0 amide bonds. The van der Waals surface area contributed by atoms with Crippen LogP contribution in [0.15, 0.2) is 48.5 Å². The van der Waals surface area contributed by atoms with Gasteiger partial charge in [-0.15, -0.1) is 12.4 Å². The summed E-state index contributed by atoms with van der Waals surface area (Å²) in [6, 6.07) is 13.0. The normalized spacial score (nSPS) is 11.8. The maximum Gasteiger partial charge on any atom is 0.387 e. The Morgan fingerprint density at radius 3 is 2.25 bits per heavy atom. The van der Waals surface area contributed by atoms with Gasteiger partial charge in [-0.2, -0.15) is 8.78 Å². The molecule has 108 valence electrons. The number of halogens is 4. The molecule has 1 unspecified atom stereocenters. The van der Waals surface area contributed by atoms with Crippen molar-refractivity contribution >= 4 is 24.0 Å². The van der Waals surface area contributed by atoms with E-state index in [0.717, 1.165) is 5.56 Å². The molecule has 0 saturated heterocycles. The first-order chi connectivity index (χ1) is 9.06. The molecule has 2 nitrogen and oxygen atoms in total. The molecule has 2 aromatic rings. The van der Waals surface area contributed by atoms with E-state index in [2.05, 4.69) is 4.74 Å². The molecule has 20 heavy (non-hydrogen) atoms. The second-order valence-corrected chi connectivity index (χ2v) is 4.42. The largest absolute Gasteiger partial charge is 0.435 e. The van der Waals surface area contributed by atoms with E-state index in [1.807, 2.05) is 0 Å². The first-order valence-corrected chi connectivity index (χ1v) is 6.00. The van der Waals surface area contributed by atoms with Gasteiger partial charge in [0.2, 0.25) is 0 Å². The summed E-state index contributed by atoms with van der Waals surface area (Å²) in [5, 5.41) is 0.616. The van der Waals surface area contributed by atoms with Gasteiger partial charge in [-0.1, -0.05) is 35.9 Å². The van der Waals surface area contributed by atoms with Crippen LogP contribution < -0.4 is 10.5 Å². The Bertz CT molecular complexity index is 549. The van der Waals surface area contributed by atoms with Crippen molar-refractivity contribution in [2.45, 2.75) is 12.7 Å². The van der Waals surface area contributed by atoms with Gasteiger partial charge in [0.1, 0.15) is 5.75 Å². The number of alkyl halides is 2. The molecular formula is C14H13Cl2F2NO. The third-order valence-electron chi connectivity index (χ3n) is 2.67. The maximum atomic E-state index is 12.2. The number of hydrogen-bond acceptors (Lipinski definition) is 2. The molecule has 2 rings (SSSR count). The van der Waals surface area contributed by atoms with Gasteiger partial charge >= 0.3 is 6.61 Å². The lowest BCUT2D eigenvalue weighted by molar-refractivity contribution is -0.0498. The van der Waals surface area contributed by atoms with Gasteiger partial charge in [0, 0.05) is 5.02 Å². The molecule has 0 aromatic heterocycles. The smallest absolute Gasteiger partial charge is 0.387 e. The monoisotopic (exact) mass is 319 g/mol. The number of ether oxygens (including phenoxy) is 1. The minimum Gasteiger partial charge on any atom is -0.435 e. The molecule has 2 aromatic carbocycles. The Morgan fingerprint density at radius 2 is 1.65 bits per heavy atom. The first-order valence-electron chi connectivity index (χ1n) is 5.62. The highest BCUT2D eigenvalue weighted by atomic mass is 35.5. The summed E-state index contributed by atoms with van der Waals surface area (Å²) in [4.78, 5) is 0. The topological polar surface area (TPSA) is 35.2 Å². The number of nitrogens with two attached hydrogens (primary N) is 1. The van der Waals surface area contributed by atoms with Gasteiger partial charge in [0.05, 0.1) is 6.04 Å². The molecule has 0 saturated carbocycles. The third-order valence-corrected chi connectivity index (χ3v) is 2.92. The lowest BCUT2D eigenvalue weighted by Gasteiger charge is -2.14. The predicted molar refractivity (Wildman–Crippen MR) is 77.8 cm³/mol. The van der Waals surface area contributed by atoms with E-state index in [1.165, 1.54) is 12.1 Å². The summed E-state index contributed by atoms with van der Waals surface area (Å²) in [5.74, 6) is 0.0944. The highest BCUT2D eigenvalue weighted by molar-refractivity contribution is 6.30. The molecule has 0 radical (unpaired) electrons. The molecule has 0 bridgehead atoms. The fourth-order valence-corrected chi connectivity index (χ4v) is 1.87. The molecule has 0 heterocycles. The van der Waals surface area contributed by atoms with Crippen LogP contribution in [0.3, 0.4) is 0 Å². The summed E-state index contributed by atoms with van der Waals surface area (Å²) in [6.07, 6.45) is 0. The summed E-state index contributed by atoms with van der Waals surface area (Å²) >= 11 is 5.80. The highest BCUT2D eigenvalue weighted by Crippen LogP contribution is 2.25. The van der Waals surface area contributed by atoms with Gasteiger partial charge < -0.3 is 10.5 Å². The van der Waals surface area contributed by atoms with Crippen LogP contribution in [-0.4, -0.2) is 6.61 Å². The average Bonchev–Trinajstić information content (AvgIpc) is 2.38. The number of hydrogen-bond donors (Lipinski definition) is 1. The third kappa shape index (κ3) is 4.34. The quantitative estimate of drug-likeness (QED) is 0.905. The molecule has 2 N–H and O–H groups in total. The van der Waals surface area contributed by atoms with Gasteiger partial charge in [-0.05, 0) is 35.4 Å². The van der Waals surface area contributed by atoms with Gasteiger partial charge in [-0.25, -0.2) is 0 Å². The molecule has 0 spiro atoms. The Labute approximate surface area is 126 Å². The standard InChI is InChI=1S/C14H12ClF2NO.ClH/c15-11-6-4-9(5-7-11)13(18)10-2-1-3-12(8-10)19-14(16)17;/h1-8,13-14H,18H2;1H. The number of rotatable bonds is 4. The Balaban J connectivity index is 0.00000200. The number of benzene rings is 2. The van der Waals surface area contributed by atoms with Crippen molar-refractivity contribution < 1.29 is 13.5 Å². The van der Waals surface area contributed by atoms with Crippen LogP contribution in [0.5, 0.6) is 5.75 Å². The molecule has 0 aliphatic carbocycles. The lowest BCUT2D eigenvalue weighted by Crippen LogP contribution is -2.12. The minimum absolute atomic E-state index is 0. The van der Waals surface area contributed by atoms with Crippen molar-refractivity contribution in [3.05, 3.63) is 64.7 Å². The van der Waals surface area contributed by atoms with Gasteiger partial charge in [0.15, 0.2) is 0 Å². The van der Waals surface area contributed by atoms with Crippen molar-refractivity contribution in [1.82, 2.24) is 0 Å². The SMILES string of the molecule is Cl.NC(c1ccc(Cl)cc1)c1cccc(OC(F)F)c1. The van der Waals surface area contributed by atoms with E-state index in [9.17, 15) is 8.78 Å². The zero-order valence-electron chi connectivity index (χ0n) is 10.3. The van der Waals surface area contributed by atoms with E-state index in [-0.39, 0.29) is 18.2 Å². The van der Waals surface area contributed by atoms with E-state index in [4.69, 9.17) is 17.3 Å². The first kappa shape index (κ1) is 16.7. The average molecular weight is 320 g/mol. The zero-order chi connectivity index (χ0) is 13.8. The second kappa shape index (κ2) is 7.43. The van der Waals surface area contributed by atoms with Crippen LogP contribution in [0, 0.1) is 0 Å². The summed E-state index contributed by atoms with van der Waals surface area (Å²) in [7, 11) is 0. The van der Waals surface area contributed by atoms with E-state index >= 15 is 0 Å². The van der Waals surface area contributed by atoms with Gasteiger partial charge in [-0.3, -0.25) is 0 Å². The summed E-state index contributed by atoms with van der Waals surface area (Å²) in [6.45, 7) is -2.85. The van der Waals surface area contributed by atoms with Crippen molar-refractivity contribution in [2.24, 2.45) is 5.73 Å². The fourth-order valence-electron chi connectivity index (χ4n) is 1.75. The van der Waals surface area contributed by atoms with E-state index in [0.29, 0.717) is 10.6 Å². The molecular weight excluding hydrogens is 307 g/mol. The fraction of sp³-hybridized carbons (Fsp3) is 0.143. The maximum absolute atomic E-state index is 12.2. The summed E-state index contributed by atoms with van der Waals surface area (Å²) < 4.78 is 28.7.